The van der Waals surface area contributed by atoms with Gasteiger partial charge in [0.15, 0.2) is 5.78 Å². The van der Waals surface area contributed by atoms with Crippen LogP contribution in [-0.4, -0.2) is 37.0 Å². The molecule has 0 aromatic carbocycles. The summed E-state index contributed by atoms with van der Waals surface area (Å²) in [6.07, 6.45) is 0.593. The summed E-state index contributed by atoms with van der Waals surface area (Å²) in [5.41, 5.74) is 3.42. The molecule has 0 aromatic rings. The maximum absolute atomic E-state index is 12.5. The number of ether oxygens (including phenoxy) is 1. The zero-order chi connectivity index (χ0) is 17.1. The molecule has 0 bridgehead atoms. The summed E-state index contributed by atoms with van der Waals surface area (Å²) in [6.45, 7) is 12.2. The molecule has 122 valence electrons. The second-order valence-electron chi connectivity index (χ2n) is 7.30. The standard InChI is InChI=1S/C16H24INO3Si/c1-16(2,3)21-15(20)18(10-7-11-22(4,5)6)12-8-9-13(19)14(12)17/h8-10H2,1-6H3. The van der Waals surface area contributed by atoms with E-state index in [1.807, 2.05) is 43.4 Å². The van der Waals surface area contributed by atoms with Crippen LogP contribution in [0.5, 0.6) is 0 Å². The molecule has 0 saturated heterocycles. The molecule has 0 spiro atoms. The van der Waals surface area contributed by atoms with Crippen molar-refractivity contribution in [3.8, 4) is 11.5 Å². The Bertz CT molecular complexity index is 559. The summed E-state index contributed by atoms with van der Waals surface area (Å²) in [5, 5.41) is 0. The van der Waals surface area contributed by atoms with Crippen molar-refractivity contribution < 1.29 is 14.3 Å². The number of carbonyl (C=O) groups is 2. The van der Waals surface area contributed by atoms with Crippen molar-refractivity contribution in [2.24, 2.45) is 0 Å². The van der Waals surface area contributed by atoms with Crippen LogP contribution in [0.15, 0.2) is 9.28 Å². The van der Waals surface area contributed by atoms with Crippen molar-refractivity contribution in [2.45, 2.75) is 58.9 Å². The van der Waals surface area contributed by atoms with Crippen LogP contribution in [0.25, 0.3) is 0 Å². The average Bonchev–Trinajstić information content (AvgIpc) is 2.62. The molecule has 0 N–H and O–H groups in total. The van der Waals surface area contributed by atoms with E-state index in [4.69, 9.17) is 4.74 Å². The fraction of sp³-hybridized carbons (Fsp3) is 0.625. The van der Waals surface area contributed by atoms with Gasteiger partial charge >= 0.3 is 6.09 Å². The monoisotopic (exact) mass is 433 g/mol. The first kappa shape index (κ1) is 19.2. The quantitative estimate of drug-likeness (QED) is 0.374. The van der Waals surface area contributed by atoms with E-state index in [1.54, 1.807) is 0 Å². The highest BCUT2D eigenvalue weighted by Crippen LogP contribution is 2.31. The van der Waals surface area contributed by atoms with E-state index < -0.39 is 19.8 Å². The van der Waals surface area contributed by atoms with Crippen molar-refractivity contribution >= 4 is 42.5 Å². The van der Waals surface area contributed by atoms with Gasteiger partial charge in [0.1, 0.15) is 13.7 Å². The molecule has 0 unspecified atom stereocenters. The van der Waals surface area contributed by atoms with E-state index in [-0.39, 0.29) is 12.3 Å². The Morgan fingerprint density at radius 1 is 1.32 bits per heavy atom. The predicted octanol–water partition coefficient (Wildman–Crippen LogP) is 4.11. The van der Waals surface area contributed by atoms with Crippen LogP contribution in [0.4, 0.5) is 4.79 Å². The first-order valence-corrected chi connectivity index (χ1v) is 11.9. The van der Waals surface area contributed by atoms with Gasteiger partial charge in [-0.05, 0) is 49.8 Å². The van der Waals surface area contributed by atoms with Gasteiger partial charge in [0.25, 0.3) is 0 Å². The molecule has 0 aromatic heterocycles. The minimum atomic E-state index is -1.50. The third-order valence-corrected chi connectivity index (χ3v) is 4.88. The Labute approximate surface area is 147 Å². The Kier molecular flexibility index (Phi) is 6.27. The van der Waals surface area contributed by atoms with E-state index in [0.29, 0.717) is 16.4 Å². The molecule has 0 heterocycles. The Morgan fingerprint density at radius 2 is 1.91 bits per heavy atom. The van der Waals surface area contributed by atoms with E-state index in [2.05, 4.69) is 31.1 Å². The van der Waals surface area contributed by atoms with Crippen molar-refractivity contribution in [3.05, 3.63) is 9.28 Å². The van der Waals surface area contributed by atoms with Crippen LogP contribution >= 0.6 is 22.6 Å². The van der Waals surface area contributed by atoms with Crippen molar-refractivity contribution in [2.75, 3.05) is 6.54 Å². The summed E-state index contributed by atoms with van der Waals surface area (Å²) in [4.78, 5) is 25.7. The van der Waals surface area contributed by atoms with Gasteiger partial charge in [-0.1, -0.05) is 25.6 Å². The number of allylic oxidation sites excluding steroid dienone is 2. The number of rotatable bonds is 2. The number of nitrogens with zero attached hydrogens (tertiary/aromatic N) is 1. The summed E-state index contributed by atoms with van der Waals surface area (Å²) < 4.78 is 6.08. The molecule has 1 aliphatic rings. The highest BCUT2D eigenvalue weighted by molar-refractivity contribution is 14.1. The van der Waals surface area contributed by atoms with Gasteiger partial charge in [0.05, 0.1) is 10.1 Å². The Hall–Kier alpha value is -0.813. The van der Waals surface area contributed by atoms with Gasteiger partial charge < -0.3 is 4.74 Å². The SMILES string of the molecule is CC(C)(C)OC(=O)N(CC#C[Si](C)(C)C)C1=C(I)C(=O)CC1. The van der Waals surface area contributed by atoms with E-state index in [9.17, 15) is 9.59 Å². The van der Waals surface area contributed by atoms with Crippen LogP contribution in [-0.2, 0) is 9.53 Å². The number of hydrogen-bond donors (Lipinski definition) is 0. The van der Waals surface area contributed by atoms with E-state index in [1.165, 1.54) is 4.90 Å². The highest BCUT2D eigenvalue weighted by atomic mass is 127. The molecular weight excluding hydrogens is 409 g/mol. The van der Waals surface area contributed by atoms with Gasteiger partial charge in [-0.15, -0.1) is 5.54 Å². The van der Waals surface area contributed by atoms with Crippen molar-refractivity contribution in [1.82, 2.24) is 4.90 Å². The summed E-state index contributed by atoms with van der Waals surface area (Å²) in [5.74, 6) is 3.18. The van der Waals surface area contributed by atoms with Gasteiger partial charge in [0, 0.05) is 12.1 Å². The summed E-state index contributed by atoms with van der Waals surface area (Å²) in [7, 11) is -1.50. The van der Waals surface area contributed by atoms with Crippen molar-refractivity contribution in [3.63, 3.8) is 0 Å². The third-order valence-electron chi connectivity index (χ3n) is 2.73. The normalized spacial score (nSPS) is 15.5. The first-order valence-electron chi connectivity index (χ1n) is 7.33. The molecule has 0 fully saturated rings. The van der Waals surface area contributed by atoms with Gasteiger partial charge in [0.2, 0.25) is 0 Å². The summed E-state index contributed by atoms with van der Waals surface area (Å²) >= 11 is 2.01. The maximum Gasteiger partial charge on any atom is 0.415 e. The topological polar surface area (TPSA) is 46.6 Å². The summed E-state index contributed by atoms with van der Waals surface area (Å²) in [6, 6.07) is 0. The predicted molar refractivity (Wildman–Crippen MR) is 99.3 cm³/mol. The van der Waals surface area contributed by atoms with Crippen LogP contribution in [0.1, 0.15) is 33.6 Å². The lowest BCUT2D eigenvalue weighted by Crippen LogP contribution is -2.36. The molecule has 4 nitrogen and oxygen atoms in total. The molecule has 1 amide bonds. The molecule has 22 heavy (non-hydrogen) atoms. The lowest BCUT2D eigenvalue weighted by molar-refractivity contribution is -0.114. The fourth-order valence-corrected chi connectivity index (χ4v) is 3.28. The fourth-order valence-electron chi connectivity index (χ4n) is 1.84. The molecule has 6 heteroatoms. The van der Waals surface area contributed by atoms with E-state index >= 15 is 0 Å². The molecule has 0 aliphatic heterocycles. The van der Waals surface area contributed by atoms with Gasteiger partial charge in [-0.3, -0.25) is 9.69 Å². The molecule has 1 aliphatic carbocycles. The maximum atomic E-state index is 12.5. The number of carbonyl (C=O) groups excluding carboxylic acids is 2. The second kappa shape index (κ2) is 7.17. The molecule has 0 saturated carbocycles. The van der Waals surface area contributed by atoms with Gasteiger partial charge in [-0.2, -0.15) is 0 Å². The largest absolute Gasteiger partial charge is 0.443 e. The lowest BCUT2D eigenvalue weighted by atomic mass is 10.2. The van der Waals surface area contributed by atoms with Crippen LogP contribution in [0.2, 0.25) is 19.6 Å². The molecule has 0 radical (unpaired) electrons. The number of halogens is 1. The molecule has 0 atom stereocenters. The number of Topliss-reactive ketones (excluding diaryl/α,β-unsaturated/α-hetero) is 1. The van der Waals surface area contributed by atoms with Crippen molar-refractivity contribution in [1.29, 1.82) is 0 Å². The van der Waals surface area contributed by atoms with E-state index in [0.717, 1.165) is 5.70 Å². The van der Waals surface area contributed by atoms with Crippen LogP contribution in [0.3, 0.4) is 0 Å². The van der Waals surface area contributed by atoms with Crippen LogP contribution < -0.4 is 0 Å². The number of amides is 1. The number of hydrogen-bond acceptors (Lipinski definition) is 3. The highest BCUT2D eigenvalue weighted by Gasteiger charge is 2.31. The minimum Gasteiger partial charge on any atom is -0.443 e. The zero-order valence-corrected chi connectivity index (χ0v) is 17.3. The third kappa shape index (κ3) is 6.13. The number of ketones is 1. The Morgan fingerprint density at radius 3 is 2.32 bits per heavy atom. The first-order chi connectivity index (χ1) is 9.91. The zero-order valence-electron chi connectivity index (χ0n) is 14.2. The second-order valence-corrected chi connectivity index (χ2v) is 13.1. The lowest BCUT2D eigenvalue weighted by Gasteiger charge is -2.27. The minimum absolute atomic E-state index is 0.0855. The van der Waals surface area contributed by atoms with Gasteiger partial charge in [-0.25, -0.2) is 4.79 Å². The van der Waals surface area contributed by atoms with Crippen LogP contribution in [0, 0.1) is 11.5 Å². The average molecular weight is 433 g/mol. The Balaban J connectivity index is 3.03. The molecule has 1 rings (SSSR count). The molecular formula is C16H24INO3Si. The smallest absolute Gasteiger partial charge is 0.415 e.